The summed E-state index contributed by atoms with van der Waals surface area (Å²) in [5.74, 6) is 0. The molecule has 94 valence electrons. The van der Waals surface area contributed by atoms with Crippen molar-refractivity contribution in [2.24, 2.45) is 5.16 Å². The van der Waals surface area contributed by atoms with E-state index in [4.69, 9.17) is 5.21 Å². The Bertz CT molecular complexity index is 590. The van der Waals surface area contributed by atoms with Crippen LogP contribution in [0.5, 0.6) is 0 Å². The number of oxime groups is 1. The molecule has 0 radical (unpaired) electrons. The number of fused-ring (bicyclic) bond motifs is 1. The van der Waals surface area contributed by atoms with Gasteiger partial charge < -0.3 is 10.2 Å². The smallest absolute Gasteiger partial charge is 0.0480 e. The Labute approximate surface area is 107 Å². The van der Waals surface area contributed by atoms with Crippen LogP contribution >= 0.6 is 0 Å². The van der Waals surface area contributed by atoms with Crippen molar-refractivity contribution in [1.82, 2.24) is 4.98 Å². The molecule has 0 amide bonds. The summed E-state index contributed by atoms with van der Waals surface area (Å²) in [7, 11) is 0. The Morgan fingerprint density at radius 1 is 1.33 bits per heavy atom. The molecule has 0 atom stereocenters. The molecule has 0 aliphatic carbocycles. The summed E-state index contributed by atoms with van der Waals surface area (Å²) in [5, 5.41) is 12.7. The van der Waals surface area contributed by atoms with E-state index in [2.05, 4.69) is 48.3 Å². The van der Waals surface area contributed by atoms with Crippen LogP contribution in [0, 0.1) is 0 Å². The van der Waals surface area contributed by atoms with E-state index >= 15 is 0 Å². The van der Waals surface area contributed by atoms with Gasteiger partial charge in [0.25, 0.3) is 0 Å². The zero-order valence-electron chi connectivity index (χ0n) is 10.8. The van der Waals surface area contributed by atoms with Crippen LogP contribution in [0.2, 0.25) is 0 Å². The first kappa shape index (κ1) is 12.4. The molecule has 0 aliphatic rings. The topological polar surface area (TPSA) is 48.4 Å². The van der Waals surface area contributed by atoms with Gasteiger partial charge in [-0.2, -0.15) is 0 Å². The SMILES string of the molecule is CC(C)=CCc1ccc2c(C/C=N\O)c[nH]c2c1. The molecule has 3 heteroatoms. The lowest BCUT2D eigenvalue weighted by Crippen LogP contribution is -1.85. The first-order chi connectivity index (χ1) is 8.70. The molecule has 2 aromatic rings. The predicted octanol–water partition coefficient (Wildman–Crippen LogP) is 3.68. The van der Waals surface area contributed by atoms with Gasteiger partial charge in [0, 0.05) is 29.7 Å². The molecule has 0 fully saturated rings. The highest BCUT2D eigenvalue weighted by molar-refractivity contribution is 5.86. The minimum absolute atomic E-state index is 0.643. The van der Waals surface area contributed by atoms with E-state index in [9.17, 15) is 0 Å². The Morgan fingerprint density at radius 3 is 2.89 bits per heavy atom. The standard InChI is InChI=1S/C15H18N2O/c1-11(2)3-4-12-5-6-14-13(7-8-17-18)10-16-15(14)9-12/h3,5-6,8-10,16,18H,4,7H2,1-2H3/b17-8-. The number of allylic oxidation sites excluding steroid dienone is 2. The van der Waals surface area contributed by atoms with Crippen molar-refractivity contribution in [1.29, 1.82) is 0 Å². The largest absolute Gasteiger partial charge is 0.411 e. The molecular weight excluding hydrogens is 224 g/mol. The van der Waals surface area contributed by atoms with Gasteiger partial charge in [-0.3, -0.25) is 0 Å². The van der Waals surface area contributed by atoms with Gasteiger partial charge in [0.05, 0.1) is 0 Å². The Kier molecular flexibility index (Phi) is 3.82. The fraction of sp³-hybridized carbons (Fsp3) is 0.267. The number of hydrogen-bond acceptors (Lipinski definition) is 2. The summed E-state index contributed by atoms with van der Waals surface area (Å²) >= 11 is 0. The fourth-order valence-electron chi connectivity index (χ4n) is 1.99. The molecule has 0 saturated carbocycles. The molecule has 2 N–H and O–H groups in total. The zero-order chi connectivity index (χ0) is 13.0. The molecule has 18 heavy (non-hydrogen) atoms. The van der Waals surface area contributed by atoms with E-state index in [1.54, 1.807) is 0 Å². The quantitative estimate of drug-likeness (QED) is 0.365. The number of hydrogen-bond donors (Lipinski definition) is 2. The Morgan fingerprint density at radius 2 is 2.17 bits per heavy atom. The van der Waals surface area contributed by atoms with Gasteiger partial charge in [0.2, 0.25) is 0 Å². The third-order valence-corrected chi connectivity index (χ3v) is 2.97. The van der Waals surface area contributed by atoms with E-state index in [-0.39, 0.29) is 0 Å². The maximum atomic E-state index is 8.46. The molecule has 2 rings (SSSR count). The monoisotopic (exact) mass is 242 g/mol. The molecule has 1 aromatic heterocycles. The van der Waals surface area contributed by atoms with Gasteiger partial charge in [0.15, 0.2) is 0 Å². The molecular formula is C15H18N2O. The lowest BCUT2D eigenvalue weighted by atomic mass is 10.1. The van der Waals surface area contributed by atoms with Crippen molar-refractivity contribution in [3.8, 4) is 0 Å². The van der Waals surface area contributed by atoms with Gasteiger partial charge in [-0.1, -0.05) is 23.8 Å². The zero-order valence-corrected chi connectivity index (χ0v) is 10.8. The molecule has 0 spiro atoms. The Balaban J connectivity index is 2.27. The fourth-order valence-corrected chi connectivity index (χ4v) is 1.99. The van der Waals surface area contributed by atoms with Gasteiger partial charge in [-0.15, -0.1) is 5.16 Å². The normalized spacial score (nSPS) is 11.2. The number of nitrogens with zero attached hydrogens (tertiary/aromatic N) is 1. The molecule has 3 nitrogen and oxygen atoms in total. The number of rotatable bonds is 4. The first-order valence-electron chi connectivity index (χ1n) is 6.09. The Hall–Kier alpha value is -2.03. The highest BCUT2D eigenvalue weighted by atomic mass is 16.4. The van der Waals surface area contributed by atoms with Gasteiger partial charge in [-0.05, 0) is 37.5 Å². The lowest BCUT2D eigenvalue weighted by Gasteiger charge is -1.99. The summed E-state index contributed by atoms with van der Waals surface area (Å²) in [6, 6.07) is 6.45. The number of nitrogens with one attached hydrogen (secondary N) is 1. The molecule has 1 heterocycles. The van der Waals surface area contributed by atoms with Crippen LogP contribution in [0.3, 0.4) is 0 Å². The lowest BCUT2D eigenvalue weighted by molar-refractivity contribution is 0.321. The number of benzene rings is 1. The minimum atomic E-state index is 0.643. The molecule has 0 bridgehead atoms. The summed E-state index contributed by atoms with van der Waals surface area (Å²) in [4.78, 5) is 3.26. The van der Waals surface area contributed by atoms with Crippen LogP contribution in [0.4, 0.5) is 0 Å². The average molecular weight is 242 g/mol. The third kappa shape index (κ3) is 2.80. The minimum Gasteiger partial charge on any atom is -0.411 e. The predicted molar refractivity (Wildman–Crippen MR) is 75.4 cm³/mol. The highest BCUT2D eigenvalue weighted by Crippen LogP contribution is 2.20. The summed E-state index contributed by atoms with van der Waals surface area (Å²) in [5.41, 5.74) is 4.92. The van der Waals surface area contributed by atoms with Gasteiger partial charge >= 0.3 is 0 Å². The second-order valence-electron chi connectivity index (χ2n) is 4.68. The highest BCUT2D eigenvalue weighted by Gasteiger charge is 2.03. The van der Waals surface area contributed by atoms with Gasteiger partial charge in [-0.25, -0.2) is 0 Å². The third-order valence-electron chi connectivity index (χ3n) is 2.97. The van der Waals surface area contributed by atoms with Crippen molar-refractivity contribution in [3.05, 3.63) is 47.2 Å². The van der Waals surface area contributed by atoms with Crippen molar-refractivity contribution < 1.29 is 5.21 Å². The maximum absolute atomic E-state index is 8.46. The van der Waals surface area contributed by atoms with Gasteiger partial charge in [0.1, 0.15) is 0 Å². The van der Waals surface area contributed by atoms with Crippen LogP contribution in [-0.4, -0.2) is 16.4 Å². The molecule has 0 aliphatic heterocycles. The van der Waals surface area contributed by atoms with Crippen molar-refractivity contribution >= 4 is 17.1 Å². The second-order valence-corrected chi connectivity index (χ2v) is 4.68. The molecule has 1 aromatic carbocycles. The number of H-pyrrole nitrogens is 1. The van der Waals surface area contributed by atoms with Crippen LogP contribution < -0.4 is 0 Å². The van der Waals surface area contributed by atoms with E-state index in [1.807, 2.05) is 6.20 Å². The van der Waals surface area contributed by atoms with E-state index < -0.39 is 0 Å². The summed E-state index contributed by atoms with van der Waals surface area (Å²) in [6.07, 6.45) is 7.30. The summed E-state index contributed by atoms with van der Waals surface area (Å²) < 4.78 is 0. The van der Waals surface area contributed by atoms with Crippen molar-refractivity contribution in [3.63, 3.8) is 0 Å². The van der Waals surface area contributed by atoms with Crippen molar-refractivity contribution in [2.75, 3.05) is 0 Å². The summed E-state index contributed by atoms with van der Waals surface area (Å²) in [6.45, 7) is 4.22. The van der Waals surface area contributed by atoms with Crippen LogP contribution in [0.25, 0.3) is 10.9 Å². The maximum Gasteiger partial charge on any atom is 0.0480 e. The first-order valence-corrected chi connectivity index (χ1v) is 6.09. The van der Waals surface area contributed by atoms with E-state index in [1.165, 1.54) is 22.7 Å². The van der Waals surface area contributed by atoms with Crippen LogP contribution in [-0.2, 0) is 12.8 Å². The average Bonchev–Trinajstić information content (AvgIpc) is 2.76. The van der Waals surface area contributed by atoms with E-state index in [0.29, 0.717) is 6.42 Å². The van der Waals surface area contributed by atoms with Crippen LogP contribution in [0.1, 0.15) is 25.0 Å². The van der Waals surface area contributed by atoms with E-state index in [0.717, 1.165) is 17.5 Å². The van der Waals surface area contributed by atoms with Crippen molar-refractivity contribution in [2.45, 2.75) is 26.7 Å². The second kappa shape index (κ2) is 5.54. The molecule has 0 unspecified atom stereocenters. The number of aromatic amines is 1. The number of aromatic nitrogens is 1. The van der Waals surface area contributed by atoms with Crippen LogP contribution in [0.15, 0.2) is 41.2 Å². The molecule has 0 saturated heterocycles.